The third kappa shape index (κ3) is 4.51. The van der Waals surface area contributed by atoms with Gasteiger partial charge in [-0.2, -0.15) is 13.2 Å². The van der Waals surface area contributed by atoms with Crippen molar-refractivity contribution in [3.05, 3.63) is 35.4 Å². The topological polar surface area (TPSA) is 46.2 Å². The first-order chi connectivity index (χ1) is 8.90. The summed E-state index contributed by atoms with van der Waals surface area (Å²) >= 11 is 0. The molecule has 1 rings (SSSR count). The van der Waals surface area contributed by atoms with Gasteiger partial charge in [-0.25, -0.2) is 0 Å². The van der Waals surface area contributed by atoms with Crippen LogP contribution in [0.15, 0.2) is 24.3 Å². The monoisotopic (exact) mass is 275 g/mol. The molecule has 19 heavy (non-hydrogen) atoms. The van der Waals surface area contributed by atoms with Gasteiger partial charge in [-0.3, -0.25) is 0 Å². The van der Waals surface area contributed by atoms with Gasteiger partial charge < -0.3 is 10.8 Å². The number of alkyl halides is 3. The molecule has 0 radical (unpaired) electrons. The molecule has 3 N–H and O–H groups in total. The molecule has 2 nitrogen and oxygen atoms in total. The lowest BCUT2D eigenvalue weighted by atomic mass is 9.89. The number of rotatable bonds is 6. The van der Waals surface area contributed by atoms with E-state index in [9.17, 15) is 18.3 Å². The molecule has 0 aliphatic rings. The fraction of sp³-hybridized carbons (Fsp3) is 0.571. The van der Waals surface area contributed by atoms with Gasteiger partial charge in [-0.1, -0.05) is 38.0 Å². The third-order valence-electron chi connectivity index (χ3n) is 3.21. The highest BCUT2D eigenvalue weighted by atomic mass is 19.4. The Balaban J connectivity index is 2.92. The molecule has 0 saturated heterocycles. The Kier molecular flexibility index (Phi) is 5.82. The molecule has 0 bridgehead atoms. The summed E-state index contributed by atoms with van der Waals surface area (Å²) in [4.78, 5) is 0. The van der Waals surface area contributed by atoms with E-state index in [4.69, 9.17) is 5.73 Å². The van der Waals surface area contributed by atoms with Gasteiger partial charge in [0.05, 0.1) is 11.7 Å². The molecule has 0 amide bonds. The normalized spacial score (nSPS) is 15.3. The Labute approximate surface area is 111 Å². The number of hydrogen-bond donors (Lipinski definition) is 2. The van der Waals surface area contributed by atoms with Gasteiger partial charge in [0.15, 0.2) is 0 Å². The molecular formula is C14H20F3NO. The van der Waals surface area contributed by atoms with Crippen LogP contribution in [0.25, 0.3) is 0 Å². The standard InChI is InChI=1S/C14H20F3NO/c1-2-3-7-13(19)12(9-18)10-5-4-6-11(8-10)14(15,16)17/h4-6,8,12-13,19H,2-3,7,9,18H2,1H3. The number of unbranched alkanes of at least 4 members (excludes halogenated alkanes) is 1. The van der Waals surface area contributed by atoms with Crippen LogP contribution in [0.2, 0.25) is 0 Å². The molecule has 0 saturated carbocycles. The lowest BCUT2D eigenvalue weighted by molar-refractivity contribution is -0.137. The van der Waals surface area contributed by atoms with Gasteiger partial charge in [0.25, 0.3) is 0 Å². The summed E-state index contributed by atoms with van der Waals surface area (Å²) in [6.07, 6.45) is -2.76. The summed E-state index contributed by atoms with van der Waals surface area (Å²) < 4.78 is 37.9. The zero-order valence-corrected chi connectivity index (χ0v) is 11.0. The van der Waals surface area contributed by atoms with Crippen molar-refractivity contribution in [1.29, 1.82) is 0 Å². The average molecular weight is 275 g/mol. The van der Waals surface area contributed by atoms with E-state index >= 15 is 0 Å². The van der Waals surface area contributed by atoms with Crippen molar-refractivity contribution in [2.45, 2.75) is 44.4 Å². The van der Waals surface area contributed by atoms with Gasteiger partial charge >= 0.3 is 6.18 Å². The van der Waals surface area contributed by atoms with E-state index in [1.165, 1.54) is 6.07 Å². The number of benzene rings is 1. The fourth-order valence-corrected chi connectivity index (χ4v) is 2.08. The average Bonchev–Trinajstić information content (AvgIpc) is 2.36. The lowest BCUT2D eigenvalue weighted by Gasteiger charge is -2.22. The number of nitrogens with two attached hydrogens (primary N) is 1. The van der Waals surface area contributed by atoms with Crippen LogP contribution in [-0.4, -0.2) is 17.8 Å². The second-order valence-electron chi connectivity index (χ2n) is 4.67. The predicted molar refractivity (Wildman–Crippen MR) is 68.8 cm³/mol. The molecule has 0 aliphatic heterocycles. The highest BCUT2D eigenvalue weighted by Gasteiger charge is 2.31. The zero-order valence-electron chi connectivity index (χ0n) is 11.0. The van der Waals surface area contributed by atoms with Crippen LogP contribution in [0.4, 0.5) is 13.2 Å². The Hall–Kier alpha value is -1.07. The SMILES string of the molecule is CCCCC(O)C(CN)c1cccc(C(F)(F)F)c1. The maximum Gasteiger partial charge on any atom is 0.416 e. The molecule has 0 aliphatic carbocycles. The molecular weight excluding hydrogens is 255 g/mol. The van der Waals surface area contributed by atoms with Crippen LogP contribution in [0.1, 0.15) is 43.2 Å². The minimum absolute atomic E-state index is 0.131. The number of aliphatic hydroxyl groups excluding tert-OH is 1. The summed E-state index contributed by atoms with van der Waals surface area (Å²) in [7, 11) is 0. The largest absolute Gasteiger partial charge is 0.416 e. The van der Waals surface area contributed by atoms with Gasteiger partial charge in [0.2, 0.25) is 0 Å². The van der Waals surface area contributed by atoms with Crippen molar-refractivity contribution in [3.63, 3.8) is 0 Å². The minimum atomic E-state index is -4.37. The molecule has 0 fully saturated rings. The summed E-state index contributed by atoms with van der Waals surface area (Å²) in [5.74, 6) is -0.450. The van der Waals surface area contributed by atoms with E-state index in [0.717, 1.165) is 25.0 Å². The second kappa shape index (κ2) is 6.91. The van der Waals surface area contributed by atoms with Crippen molar-refractivity contribution in [2.24, 2.45) is 5.73 Å². The van der Waals surface area contributed by atoms with Gasteiger partial charge in [0.1, 0.15) is 0 Å². The van der Waals surface area contributed by atoms with Crippen molar-refractivity contribution in [3.8, 4) is 0 Å². The van der Waals surface area contributed by atoms with E-state index < -0.39 is 23.8 Å². The van der Waals surface area contributed by atoms with E-state index in [2.05, 4.69) is 0 Å². The van der Waals surface area contributed by atoms with E-state index in [-0.39, 0.29) is 6.54 Å². The maximum atomic E-state index is 12.6. The van der Waals surface area contributed by atoms with Crippen molar-refractivity contribution in [1.82, 2.24) is 0 Å². The van der Waals surface area contributed by atoms with Crippen LogP contribution in [0.5, 0.6) is 0 Å². The van der Waals surface area contributed by atoms with Crippen LogP contribution in [-0.2, 0) is 6.18 Å². The predicted octanol–water partition coefficient (Wildman–Crippen LogP) is 3.30. The molecule has 1 aromatic carbocycles. The Morgan fingerprint density at radius 1 is 1.32 bits per heavy atom. The highest BCUT2D eigenvalue weighted by Crippen LogP contribution is 2.32. The Morgan fingerprint density at radius 3 is 2.53 bits per heavy atom. The van der Waals surface area contributed by atoms with Crippen LogP contribution < -0.4 is 5.73 Å². The number of hydrogen-bond acceptors (Lipinski definition) is 2. The first-order valence-electron chi connectivity index (χ1n) is 6.45. The Morgan fingerprint density at radius 2 is 2.00 bits per heavy atom. The quantitative estimate of drug-likeness (QED) is 0.836. The molecule has 0 heterocycles. The maximum absolute atomic E-state index is 12.6. The highest BCUT2D eigenvalue weighted by molar-refractivity contribution is 5.29. The first-order valence-corrected chi connectivity index (χ1v) is 6.45. The summed E-state index contributed by atoms with van der Waals surface area (Å²) in [6, 6.07) is 5.04. The van der Waals surface area contributed by atoms with E-state index in [0.29, 0.717) is 12.0 Å². The van der Waals surface area contributed by atoms with Crippen LogP contribution >= 0.6 is 0 Å². The first kappa shape index (κ1) is 16.0. The van der Waals surface area contributed by atoms with Crippen LogP contribution in [0, 0.1) is 0 Å². The number of aliphatic hydroxyl groups is 1. The van der Waals surface area contributed by atoms with Crippen molar-refractivity contribution < 1.29 is 18.3 Å². The van der Waals surface area contributed by atoms with Crippen LogP contribution in [0.3, 0.4) is 0 Å². The third-order valence-corrected chi connectivity index (χ3v) is 3.21. The molecule has 0 aromatic heterocycles. The molecule has 2 atom stereocenters. The van der Waals surface area contributed by atoms with Crippen molar-refractivity contribution in [2.75, 3.05) is 6.54 Å². The van der Waals surface area contributed by atoms with Crippen molar-refractivity contribution >= 4 is 0 Å². The van der Waals surface area contributed by atoms with E-state index in [1.54, 1.807) is 6.07 Å². The minimum Gasteiger partial charge on any atom is -0.392 e. The molecule has 2 unspecified atom stereocenters. The van der Waals surface area contributed by atoms with Gasteiger partial charge in [-0.15, -0.1) is 0 Å². The number of halogens is 3. The smallest absolute Gasteiger partial charge is 0.392 e. The molecule has 108 valence electrons. The van der Waals surface area contributed by atoms with E-state index in [1.807, 2.05) is 6.92 Å². The fourth-order valence-electron chi connectivity index (χ4n) is 2.08. The summed E-state index contributed by atoms with van der Waals surface area (Å²) in [6.45, 7) is 2.13. The summed E-state index contributed by atoms with van der Waals surface area (Å²) in [5.41, 5.74) is 5.34. The lowest BCUT2D eigenvalue weighted by Crippen LogP contribution is -2.26. The molecule has 0 spiro atoms. The Bertz CT molecular complexity index is 393. The van der Waals surface area contributed by atoms with Gasteiger partial charge in [0, 0.05) is 12.5 Å². The molecule has 1 aromatic rings. The summed E-state index contributed by atoms with van der Waals surface area (Å²) in [5, 5.41) is 10.0. The zero-order chi connectivity index (χ0) is 14.5. The second-order valence-corrected chi connectivity index (χ2v) is 4.67. The molecule has 5 heteroatoms. The van der Waals surface area contributed by atoms with Gasteiger partial charge in [-0.05, 0) is 18.1 Å².